The number of likely N-dealkylation sites (tertiary alicyclic amines) is 1. The highest BCUT2D eigenvalue weighted by Crippen LogP contribution is 2.15. The Bertz CT molecular complexity index is 359. The van der Waals surface area contributed by atoms with Crippen molar-refractivity contribution in [2.45, 2.75) is 19.3 Å². The number of benzene rings is 1. The van der Waals surface area contributed by atoms with Gasteiger partial charge in [0.25, 0.3) is 0 Å². The fourth-order valence-electron chi connectivity index (χ4n) is 2.59. The average Bonchev–Trinajstić information content (AvgIpc) is 2.45. The largest absolute Gasteiger partial charge is 0.330 e. The van der Waals surface area contributed by atoms with Gasteiger partial charge in [-0.3, -0.25) is 0 Å². The Hall–Kier alpha value is -1.12. The van der Waals surface area contributed by atoms with Crippen molar-refractivity contribution in [1.29, 1.82) is 0 Å². The zero-order chi connectivity index (χ0) is 12.6. The van der Waals surface area contributed by atoms with E-state index >= 15 is 0 Å². The summed E-state index contributed by atoms with van der Waals surface area (Å²) in [7, 11) is 0. The number of piperidine rings is 1. The van der Waals surface area contributed by atoms with Crippen LogP contribution < -0.4 is 5.73 Å². The molecule has 1 aliphatic rings. The monoisotopic (exact) mass is 244 g/mol. The number of rotatable bonds is 5. The first kappa shape index (κ1) is 13.3. The molecular formula is C16H24N2. The lowest BCUT2D eigenvalue weighted by Gasteiger charge is -2.31. The molecule has 2 N–H and O–H groups in total. The molecule has 98 valence electrons. The van der Waals surface area contributed by atoms with Crippen LogP contribution in [0.2, 0.25) is 0 Å². The molecule has 0 amide bonds. The van der Waals surface area contributed by atoms with Gasteiger partial charge in [0.05, 0.1) is 0 Å². The highest BCUT2D eigenvalue weighted by atomic mass is 15.1. The van der Waals surface area contributed by atoms with Gasteiger partial charge in [0.15, 0.2) is 0 Å². The van der Waals surface area contributed by atoms with Gasteiger partial charge in [-0.15, -0.1) is 0 Å². The topological polar surface area (TPSA) is 29.3 Å². The quantitative estimate of drug-likeness (QED) is 0.863. The number of nitrogens with zero attached hydrogens (tertiary/aromatic N) is 1. The molecule has 1 aromatic carbocycles. The molecule has 0 spiro atoms. The normalized spacial score (nSPS) is 21.5. The van der Waals surface area contributed by atoms with Crippen LogP contribution in [0.25, 0.3) is 6.08 Å². The maximum absolute atomic E-state index is 5.76. The Kier molecular flexibility index (Phi) is 5.43. The van der Waals surface area contributed by atoms with Gasteiger partial charge in [0.1, 0.15) is 0 Å². The maximum Gasteiger partial charge on any atom is 0.00218 e. The first-order valence-electron chi connectivity index (χ1n) is 7.02. The van der Waals surface area contributed by atoms with Crippen LogP contribution in [-0.4, -0.2) is 31.1 Å². The Balaban J connectivity index is 1.70. The molecule has 0 saturated carbocycles. The van der Waals surface area contributed by atoms with Gasteiger partial charge in [-0.2, -0.15) is 0 Å². The third-order valence-corrected chi connectivity index (χ3v) is 3.66. The highest BCUT2D eigenvalue weighted by Gasteiger charge is 2.17. The molecule has 0 aromatic heterocycles. The van der Waals surface area contributed by atoms with Crippen LogP contribution in [0.4, 0.5) is 0 Å². The van der Waals surface area contributed by atoms with Crippen LogP contribution in [-0.2, 0) is 0 Å². The molecule has 2 nitrogen and oxygen atoms in total. The van der Waals surface area contributed by atoms with Crippen molar-refractivity contribution >= 4 is 6.08 Å². The summed E-state index contributed by atoms with van der Waals surface area (Å²) in [5, 5.41) is 0. The maximum atomic E-state index is 5.76. The van der Waals surface area contributed by atoms with Crippen LogP contribution in [0, 0.1) is 5.92 Å². The van der Waals surface area contributed by atoms with E-state index in [-0.39, 0.29) is 0 Å². The molecule has 0 radical (unpaired) electrons. The second kappa shape index (κ2) is 7.34. The van der Waals surface area contributed by atoms with Gasteiger partial charge in [-0.1, -0.05) is 42.5 Å². The van der Waals surface area contributed by atoms with Crippen molar-refractivity contribution in [2.24, 2.45) is 11.7 Å². The zero-order valence-electron chi connectivity index (χ0n) is 11.1. The lowest BCUT2D eigenvalue weighted by atomic mass is 9.98. The van der Waals surface area contributed by atoms with Gasteiger partial charge in [0.2, 0.25) is 0 Å². The summed E-state index contributed by atoms with van der Waals surface area (Å²) in [5.41, 5.74) is 7.04. The third-order valence-electron chi connectivity index (χ3n) is 3.66. The van der Waals surface area contributed by atoms with E-state index in [9.17, 15) is 0 Å². The molecule has 0 bridgehead atoms. The van der Waals surface area contributed by atoms with E-state index in [1.807, 2.05) is 0 Å². The summed E-state index contributed by atoms with van der Waals surface area (Å²) >= 11 is 0. The molecule has 0 unspecified atom stereocenters. The van der Waals surface area contributed by atoms with Crippen LogP contribution in [0.15, 0.2) is 36.4 Å². The lowest BCUT2D eigenvalue weighted by molar-refractivity contribution is 0.181. The standard InChI is InChI=1S/C16H24N2/c17-13-16-10-6-12-18(14-16)11-5-4-9-15-7-2-1-3-8-15/h1-4,7-9,16H,5-6,10-14,17H2/b9-4+/t16-/m1/s1. The first-order valence-corrected chi connectivity index (χ1v) is 7.02. The molecule has 1 heterocycles. The fraction of sp³-hybridized carbons (Fsp3) is 0.500. The minimum Gasteiger partial charge on any atom is -0.330 e. The van der Waals surface area contributed by atoms with Crippen molar-refractivity contribution in [3.8, 4) is 0 Å². The average molecular weight is 244 g/mol. The molecule has 0 aliphatic carbocycles. The molecular weight excluding hydrogens is 220 g/mol. The minimum atomic E-state index is 0.719. The Labute approximate surface area is 110 Å². The fourth-order valence-corrected chi connectivity index (χ4v) is 2.59. The van der Waals surface area contributed by atoms with Gasteiger partial charge >= 0.3 is 0 Å². The summed E-state index contributed by atoms with van der Waals surface area (Å²) in [6.45, 7) is 4.45. The number of nitrogens with two attached hydrogens (primary N) is 1. The van der Waals surface area contributed by atoms with E-state index in [0.29, 0.717) is 0 Å². The molecule has 18 heavy (non-hydrogen) atoms. The van der Waals surface area contributed by atoms with E-state index in [0.717, 1.165) is 18.9 Å². The summed E-state index contributed by atoms with van der Waals surface area (Å²) in [6.07, 6.45) is 8.25. The van der Waals surface area contributed by atoms with Crippen LogP contribution in [0.5, 0.6) is 0 Å². The van der Waals surface area contributed by atoms with Gasteiger partial charge in [0, 0.05) is 13.1 Å². The summed E-state index contributed by atoms with van der Waals surface area (Å²) in [5.74, 6) is 0.719. The molecule has 1 aliphatic heterocycles. The number of hydrogen-bond acceptors (Lipinski definition) is 2. The molecule has 1 aromatic rings. The Morgan fingerprint density at radius 1 is 1.28 bits per heavy atom. The smallest absolute Gasteiger partial charge is 0.00218 e. The third kappa shape index (κ3) is 4.28. The van der Waals surface area contributed by atoms with Gasteiger partial charge < -0.3 is 10.6 Å². The lowest BCUT2D eigenvalue weighted by Crippen LogP contribution is -2.38. The highest BCUT2D eigenvalue weighted by molar-refractivity contribution is 5.48. The van der Waals surface area contributed by atoms with Crippen LogP contribution in [0.1, 0.15) is 24.8 Å². The van der Waals surface area contributed by atoms with Crippen molar-refractivity contribution in [1.82, 2.24) is 4.90 Å². The van der Waals surface area contributed by atoms with Crippen molar-refractivity contribution < 1.29 is 0 Å². The second-order valence-corrected chi connectivity index (χ2v) is 5.15. The Morgan fingerprint density at radius 2 is 2.11 bits per heavy atom. The van der Waals surface area contributed by atoms with Crippen molar-refractivity contribution in [3.63, 3.8) is 0 Å². The zero-order valence-corrected chi connectivity index (χ0v) is 11.1. The molecule has 1 atom stereocenters. The van der Waals surface area contributed by atoms with E-state index in [1.165, 1.54) is 38.0 Å². The van der Waals surface area contributed by atoms with E-state index < -0.39 is 0 Å². The summed E-state index contributed by atoms with van der Waals surface area (Å²) in [6, 6.07) is 10.5. The molecule has 1 saturated heterocycles. The molecule has 2 heteroatoms. The van der Waals surface area contributed by atoms with E-state index in [4.69, 9.17) is 5.73 Å². The van der Waals surface area contributed by atoms with E-state index in [1.54, 1.807) is 0 Å². The van der Waals surface area contributed by atoms with E-state index in [2.05, 4.69) is 47.4 Å². The van der Waals surface area contributed by atoms with Gasteiger partial charge in [-0.25, -0.2) is 0 Å². The predicted octanol–water partition coefficient (Wildman–Crippen LogP) is 2.76. The molecule has 2 rings (SSSR count). The summed E-state index contributed by atoms with van der Waals surface area (Å²) in [4.78, 5) is 2.55. The van der Waals surface area contributed by atoms with Crippen LogP contribution >= 0.6 is 0 Å². The molecule has 1 fully saturated rings. The predicted molar refractivity (Wildman–Crippen MR) is 78.3 cm³/mol. The second-order valence-electron chi connectivity index (χ2n) is 5.15. The Morgan fingerprint density at radius 3 is 2.89 bits per heavy atom. The minimum absolute atomic E-state index is 0.719. The summed E-state index contributed by atoms with van der Waals surface area (Å²) < 4.78 is 0. The van der Waals surface area contributed by atoms with Crippen molar-refractivity contribution in [2.75, 3.05) is 26.2 Å². The van der Waals surface area contributed by atoms with Crippen molar-refractivity contribution in [3.05, 3.63) is 42.0 Å². The SMILES string of the molecule is NC[C@H]1CCCN(CC/C=C/c2ccccc2)C1. The number of hydrogen-bond donors (Lipinski definition) is 1. The van der Waals surface area contributed by atoms with Gasteiger partial charge in [-0.05, 0) is 43.8 Å². The first-order chi connectivity index (χ1) is 8.88. The van der Waals surface area contributed by atoms with Crippen LogP contribution in [0.3, 0.4) is 0 Å².